The molecule has 3 aromatic heterocycles. The molecule has 0 aliphatic rings. The van der Waals surface area contributed by atoms with Crippen LogP contribution in [0.4, 0.5) is 5.95 Å². The Morgan fingerprint density at radius 1 is 1.35 bits per heavy atom. The fourth-order valence-electron chi connectivity index (χ4n) is 1.66. The molecule has 0 saturated heterocycles. The maximum Gasteiger partial charge on any atom is 0.225 e. The van der Waals surface area contributed by atoms with Crippen LogP contribution in [0.1, 0.15) is 6.92 Å². The van der Waals surface area contributed by atoms with E-state index in [1.807, 2.05) is 6.92 Å². The fourth-order valence-corrected chi connectivity index (χ4v) is 2.75. The number of aromatic nitrogens is 5. The Labute approximate surface area is 124 Å². The first-order valence-corrected chi connectivity index (χ1v) is 7.20. The van der Waals surface area contributed by atoms with Crippen LogP contribution in [-0.2, 0) is 0 Å². The molecule has 6 nitrogen and oxygen atoms in total. The zero-order valence-corrected chi connectivity index (χ0v) is 12.2. The van der Waals surface area contributed by atoms with Crippen LogP contribution >= 0.6 is 23.4 Å². The van der Waals surface area contributed by atoms with Crippen molar-refractivity contribution in [1.29, 1.82) is 0 Å². The number of halogens is 1. The molecular formula is C12H11ClN6S. The molecule has 0 bridgehead atoms. The van der Waals surface area contributed by atoms with Gasteiger partial charge >= 0.3 is 0 Å². The average Bonchev–Trinajstić information content (AvgIpc) is 2.90. The van der Waals surface area contributed by atoms with E-state index in [1.165, 1.54) is 11.8 Å². The quantitative estimate of drug-likeness (QED) is 0.721. The van der Waals surface area contributed by atoms with E-state index in [0.717, 1.165) is 17.0 Å². The Kier molecular flexibility index (Phi) is 3.70. The number of H-pyrrole nitrogens is 1. The van der Waals surface area contributed by atoms with Crippen molar-refractivity contribution in [3.63, 3.8) is 0 Å². The zero-order chi connectivity index (χ0) is 13.9. The predicted octanol–water partition coefficient (Wildman–Crippen LogP) is 2.98. The van der Waals surface area contributed by atoms with Gasteiger partial charge in [0, 0.05) is 12.7 Å². The van der Waals surface area contributed by atoms with E-state index < -0.39 is 0 Å². The molecule has 0 amide bonds. The lowest BCUT2D eigenvalue weighted by molar-refractivity contribution is 1.03. The molecule has 0 atom stereocenters. The lowest BCUT2D eigenvalue weighted by Crippen LogP contribution is -2.03. The van der Waals surface area contributed by atoms with Gasteiger partial charge in [-0.3, -0.25) is 5.10 Å². The van der Waals surface area contributed by atoms with Gasteiger partial charge in [-0.05, 0) is 30.8 Å². The normalized spacial score (nSPS) is 10.9. The fraction of sp³-hybridized carbons (Fsp3) is 0.167. The summed E-state index contributed by atoms with van der Waals surface area (Å²) in [6, 6.07) is 3.60. The highest BCUT2D eigenvalue weighted by molar-refractivity contribution is 7.99. The first kappa shape index (κ1) is 13.1. The molecule has 0 radical (unpaired) electrons. The molecule has 3 aromatic rings. The van der Waals surface area contributed by atoms with Crippen LogP contribution in [0, 0.1) is 0 Å². The number of fused-ring (bicyclic) bond motifs is 1. The van der Waals surface area contributed by atoms with Gasteiger partial charge in [-0.2, -0.15) is 10.1 Å². The summed E-state index contributed by atoms with van der Waals surface area (Å²) >= 11 is 7.53. The van der Waals surface area contributed by atoms with Crippen molar-refractivity contribution in [2.45, 2.75) is 17.0 Å². The van der Waals surface area contributed by atoms with Crippen LogP contribution in [0.5, 0.6) is 0 Å². The molecular weight excluding hydrogens is 296 g/mol. The van der Waals surface area contributed by atoms with Crippen molar-refractivity contribution in [1.82, 2.24) is 25.1 Å². The van der Waals surface area contributed by atoms with Crippen LogP contribution < -0.4 is 5.32 Å². The largest absolute Gasteiger partial charge is 0.354 e. The molecule has 3 rings (SSSR count). The van der Waals surface area contributed by atoms with Gasteiger partial charge in [-0.25, -0.2) is 9.97 Å². The second-order valence-corrected chi connectivity index (χ2v) is 5.29. The zero-order valence-electron chi connectivity index (χ0n) is 10.6. The van der Waals surface area contributed by atoms with E-state index in [1.54, 1.807) is 24.5 Å². The first-order valence-electron chi connectivity index (χ1n) is 6.01. The second kappa shape index (κ2) is 5.64. The number of pyridine rings is 1. The third-order valence-electron chi connectivity index (χ3n) is 2.53. The minimum atomic E-state index is 0.554. The summed E-state index contributed by atoms with van der Waals surface area (Å²) in [5, 5.41) is 12.9. The van der Waals surface area contributed by atoms with Crippen LogP contribution in [0.25, 0.3) is 11.0 Å². The van der Waals surface area contributed by atoms with Gasteiger partial charge in [0.15, 0.2) is 5.65 Å². The van der Waals surface area contributed by atoms with E-state index in [4.69, 9.17) is 11.6 Å². The number of aromatic amines is 1. The summed E-state index contributed by atoms with van der Waals surface area (Å²) in [7, 11) is 0. The van der Waals surface area contributed by atoms with E-state index in [2.05, 4.69) is 30.5 Å². The highest BCUT2D eigenvalue weighted by Crippen LogP contribution is 2.33. The monoisotopic (exact) mass is 306 g/mol. The number of nitrogens with zero attached hydrogens (tertiary/aromatic N) is 4. The number of nitrogens with one attached hydrogen (secondary N) is 2. The molecule has 20 heavy (non-hydrogen) atoms. The molecule has 2 N–H and O–H groups in total. The molecule has 0 spiro atoms. The maximum atomic E-state index is 6.13. The predicted molar refractivity (Wildman–Crippen MR) is 79.2 cm³/mol. The number of anilines is 1. The van der Waals surface area contributed by atoms with Gasteiger partial charge in [0.2, 0.25) is 5.95 Å². The summed E-state index contributed by atoms with van der Waals surface area (Å²) in [6.45, 7) is 2.73. The van der Waals surface area contributed by atoms with E-state index in [0.29, 0.717) is 21.6 Å². The topological polar surface area (TPSA) is 79.4 Å². The summed E-state index contributed by atoms with van der Waals surface area (Å²) in [5.74, 6) is 0.554. The van der Waals surface area contributed by atoms with Crippen molar-refractivity contribution in [3.05, 3.63) is 29.5 Å². The van der Waals surface area contributed by atoms with Gasteiger partial charge in [-0.1, -0.05) is 11.6 Å². The van der Waals surface area contributed by atoms with Crippen molar-refractivity contribution < 1.29 is 0 Å². The van der Waals surface area contributed by atoms with E-state index in [9.17, 15) is 0 Å². The standard InChI is InChI=1S/C12H11ClN6S/c1-2-14-12-17-9-7(6-16-19-9)10(18-12)20-11-8(13)4-3-5-15-11/h3-6H,2H2,1H3,(H2,14,16,17,18,19). The van der Waals surface area contributed by atoms with E-state index in [-0.39, 0.29) is 0 Å². The van der Waals surface area contributed by atoms with Gasteiger partial charge < -0.3 is 5.32 Å². The van der Waals surface area contributed by atoms with E-state index >= 15 is 0 Å². The van der Waals surface area contributed by atoms with Crippen molar-refractivity contribution in [2.75, 3.05) is 11.9 Å². The Hall–Kier alpha value is -1.86. The summed E-state index contributed by atoms with van der Waals surface area (Å²) in [5.41, 5.74) is 0.686. The van der Waals surface area contributed by atoms with Gasteiger partial charge in [0.1, 0.15) is 10.1 Å². The number of hydrogen-bond donors (Lipinski definition) is 2. The molecule has 0 fully saturated rings. The summed E-state index contributed by atoms with van der Waals surface area (Å²) < 4.78 is 0. The van der Waals surface area contributed by atoms with Gasteiger partial charge in [0.25, 0.3) is 0 Å². The molecule has 0 saturated carbocycles. The Morgan fingerprint density at radius 3 is 3.05 bits per heavy atom. The maximum absolute atomic E-state index is 6.13. The molecule has 102 valence electrons. The van der Waals surface area contributed by atoms with Crippen LogP contribution in [0.3, 0.4) is 0 Å². The Bertz CT molecular complexity index is 744. The Balaban J connectivity index is 2.05. The smallest absolute Gasteiger partial charge is 0.225 e. The van der Waals surface area contributed by atoms with Crippen LogP contribution in [-0.4, -0.2) is 31.7 Å². The Morgan fingerprint density at radius 2 is 2.25 bits per heavy atom. The molecule has 0 aliphatic heterocycles. The van der Waals surface area contributed by atoms with Gasteiger partial charge in [0.05, 0.1) is 16.6 Å². The minimum absolute atomic E-state index is 0.554. The highest BCUT2D eigenvalue weighted by Gasteiger charge is 2.12. The molecule has 8 heteroatoms. The van der Waals surface area contributed by atoms with Crippen molar-refractivity contribution >= 4 is 40.3 Å². The molecule has 0 unspecified atom stereocenters. The molecule has 0 aromatic carbocycles. The summed E-state index contributed by atoms with van der Waals surface area (Å²) in [4.78, 5) is 13.1. The number of hydrogen-bond acceptors (Lipinski definition) is 6. The minimum Gasteiger partial charge on any atom is -0.354 e. The third kappa shape index (κ3) is 2.54. The average molecular weight is 307 g/mol. The highest BCUT2D eigenvalue weighted by atomic mass is 35.5. The second-order valence-electron chi connectivity index (χ2n) is 3.91. The van der Waals surface area contributed by atoms with Gasteiger partial charge in [-0.15, -0.1) is 0 Å². The molecule has 0 aliphatic carbocycles. The summed E-state index contributed by atoms with van der Waals surface area (Å²) in [6.07, 6.45) is 3.40. The van der Waals surface area contributed by atoms with Crippen molar-refractivity contribution in [2.24, 2.45) is 0 Å². The third-order valence-corrected chi connectivity index (χ3v) is 3.97. The van der Waals surface area contributed by atoms with Crippen molar-refractivity contribution in [3.8, 4) is 0 Å². The van der Waals surface area contributed by atoms with Crippen LogP contribution in [0.2, 0.25) is 5.02 Å². The molecule has 3 heterocycles. The number of rotatable bonds is 4. The van der Waals surface area contributed by atoms with Crippen LogP contribution in [0.15, 0.2) is 34.6 Å². The lowest BCUT2D eigenvalue weighted by atomic mass is 10.4. The lowest BCUT2D eigenvalue weighted by Gasteiger charge is -2.06. The first-order chi connectivity index (χ1) is 9.78. The SMILES string of the molecule is CCNc1nc(Sc2ncccc2Cl)c2cn[nH]c2n1.